The number of hydrogen-bond donors (Lipinski definition) is 2. The summed E-state index contributed by atoms with van der Waals surface area (Å²) in [5.41, 5.74) is -0.282. The Morgan fingerprint density at radius 1 is 1.35 bits per heavy atom. The first-order valence-electron chi connectivity index (χ1n) is 8.84. The van der Waals surface area contributed by atoms with Gasteiger partial charge in [0.05, 0.1) is 13.1 Å². The molecule has 0 aliphatic rings. The minimum Gasteiger partial charge on any atom is -0.486 e. The minimum atomic E-state index is -0.397. The van der Waals surface area contributed by atoms with Crippen LogP contribution >= 0.6 is 0 Å². The van der Waals surface area contributed by atoms with Crippen molar-refractivity contribution >= 4 is 11.9 Å². The molecule has 0 radical (unpaired) electrons. The van der Waals surface area contributed by atoms with Crippen molar-refractivity contribution in [1.82, 2.24) is 15.5 Å². The van der Waals surface area contributed by atoms with Crippen LogP contribution in [0, 0.1) is 5.82 Å². The number of amides is 1. The number of carbonyl (C=O) groups is 1. The van der Waals surface area contributed by atoms with E-state index in [-0.39, 0.29) is 29.8 Å². The first kappa shape index (κ1) is 21.7. The second-order valence-corrected chi connectivity index (χ2v) is 7.21. The largest absolute Gasteiger partial charge is 0.486 e. The van der Waals surface area contributed by atoms with Crippen LogP contribution in [0.4, 0.5) is 4.39 Å². The summed E-state index contributed by atoms with van der Waals surface area (Å²) in [7, 11) is 1.80. The van der Waals surface area contributed by atoms with E-state index in [9.17, 15) is 9.18 Å². The van der Waals surface area contributed by atoms with E-state index in [1.165, 1.54) is 6.07 Å². The zero-order valence-corrected chi connectivity index (χ0v) is 16.6. The van der Waals surface area contributed by atoms with Crippen molar-refractivity contribution in [3.05, 3.63) is 30.1 Å². The number of benzene rings is 1. The van der Waals surface area contributed by atoms with Crippen molar-refractivity contribution in [1.29, 1.82) is 0 Å². The number of carbonyl (C=O) groups excluding carboxylic acids is 1. The van der Waals surface area contributed by atoms with Crippen LogP contribution in [-0.2, 0) is 4.79 Å². The lowest BCUT2D eigenvalue weighted by Gasteiger charge is -2.25. The van der Waals surface area contributed by atoms with Gasteiger partial charge in [0.25, 0.3) is 0 Å². The molecule has 2 N–H and O–H groups in total. The first-order valence-corrected chi connectivity index (χ1v) is 8.84. The molecule has 26 heavy (non-hydrogen) atoms. The Balaban J connectivity index is 2.66. The lowest BCUT2D eigenvalue weighted by atomic mass is 10.1. The highest BCUT2D eigenvalue weighted by atomic mass is 19.1. The van der Waals surface area contributed by atoms with E-state index in [0.717, 1.165) is 0 Å². The second-order valence-electron chi connectivity index (χ2n) is 7.21. The van der Waals surface area contributed by atoms with Gasteiger partial charge in [0.1, 0.15) is 6.10 Å². The van der Waals surface area contributed by atoms with Crippen molar-refractivity contribution in [2.24, 2.45) is 4.99 Å². The highest BCUT2D eigenvalue weighted by Gasteiger charge is 2.17. The Kier molecular flexibility index (Phi) is 8.35. The molecular weight excluding hydrogens is 335 g/mol. The predicted octanol–water partition coefficient (Wildman–Crippen LogP) is 2.41. The van der Waals surface area contributed by atoms with Gasteiger partial charge < -0.3 is 20.3 Å². The Morgan fingerprint density at radius 3 is 2.58 bits per heavy atom. The summed E-state index contributed by atoms with van der Waals surface area (Å²) in [4.78, 5) is 18.3. The molecule has 7 heteroatoms. The molecule has 0 aliphatic heterocycles. The molecule has 0 spiro atoms. The number of likely N-dealkylation sites (N-methyl/N-ethyl adjacent to an activating group) is 1. The molecule has 1 unspecified atom stereocenters. The number of guanidine groups is 1. The van der Waals surface area contributed by atoms with E-state index >= 15 is 0 Å². The maximum absolute atomic E-state index is 13.7. The molecule has 0 bridgehead atoms. The third kappa shape index (κ3) is 8.18. The number of aliphatic imine (C=N–C) groups is 1. The fraction of sp³-hybridized carbons (Fsp3) is 0.579. The second kappa shape index (κ2) is 9.99. The number of nitrogens with zero attached hydrogens (tertiary/aromatic N) is 2. The zero-order chi connectivity index (χ0) is 19.7. The van der Waals surface area contributed by atoms with Gasteiger partial charge in [-0.2, -0.15) is 0 Å². The van der Waals surface area contributed by atoms with Crippen LogP contribution in [0.3, 0.4) is 0 Å². The summed E-state index contributed by atoms with van der Waals surface area (Å²) < 4.78 is 19.2. The van der Waals surface area contributed by atoms with Gasteiger partial charge in [-0.3, -0.25) is 4.79 Å². The summed E-state index contributed by atoms with van der Waals surface area (Å²) in [6, 6.07) is 6.28. The van der Waals surface area contributed by atoms with E-state index in [2.05, 4.69) is 15.6 Å². The fourth-order valence-electron chi connectivity index (χ4n) is 2.23. The number of para-hydroxylation sites is 1. The van der Waals surface area contributed by atoms with Crippen molar-refractivity contribution in [3.63, 3.8) is 0 Å². The summed E-state index contributed by atoms with van der Waals surface area (Å²) in [5.74, 6) is 0.325. The summed E-state index contributed by atoms with van der Waals surface area (Å²) in [6.45, 7) is 10.8. The monoisotopic (exact) mass is 366 g/mol. The van der Waals surface area contributed by atoms with Gasteiger partial charge >= 0.3 is 0 Å². The van der Waals surface area contributed by atoms with Gasteiger partial charge in [-0.05, 0) is 46.8 Å². The van der Waals surface area contributed by atoms with Crippen LogP contribution in [0.5, 0.6) is 5.75 Å². The molecule has 0 fully saturated rings. The molecule has 0 saturated carbocycles. The predicted molar refractivity (Wildman–Crippen MR) is 103 cm³/mol. The normalized spacial score (nSPS) is 13.1. The molecule has 1 amide bonds. The topological polar surface area (TPSA) is 66.0 Å². The van der Waals surface area contributed by atoms with E-state index in [1.807, 2.05) is 34.6 Å². The van der Waals surface area contributed by atoms with E-state index in [4.69, 9.17) is 4.74 Å². The molecule has 146 valence electrons. The molecule has 1 atom stereocenters. The average Bonchev–Trinajstić information content (AvgIpc) is 2.51. The Labute approximate surface area is 155 Å². The quantitative estimate of drug-likeness (QED) is 0.574. The third-order valence-corrected chi connectivity index (χ3v) is 3.25. The molecule has 0 heterocycles. The van der Waals surface area contributed by atoms with Crippen molar-refractivity contribution in [2.45, 2.75) is 46.3 Å². The van der Waals surface area contributed by atoms with Gasteiger partial charge in [0.15, 0.2) is 17.5 Å². The Hall–Kier alpha value is -2.31. The number of halogens is 1. The lowest BCUT2D eigenvalue weighted by molar-refractivity contribution is -0.122. The van der Waals surface area contributed by atoms with Crippen LogP contribution in [-0.4, -0.2) is 55.1 Å². The van der Waals surface area contributed by atoms with Crippen LogP contribution in [0.15, 0.2) is 29.3 Å². The van der Waals surface area contributed by atoms with Gasteiger partial charge in [-0.25, -0.2) is 9.38 Å². The van der Waals surface area contributed by atoms with Crippen LogP contribution in [0.1, 0.15) is 34.6 Å². The molecule has 1 rings (SSSR count). The van der Waals surface area contributed by atoms with Crippen molar-refractivity contribution in [2.75, 3.05) is 26.7 Å². The third-order valence-electron chi connectivity index (χ3n) is 3.25. The standard InChI is InChI=1S/C19H31FN4O2/c1-7-21-18(24(6)13-17(25)23-19(3,4)5)22-12-14(2)26-16-11-9-8-10-15(16)20/h8-11,14H,7,12-13H2,1-6H3,(H,21,22)(H,23,25). The Morgan fingerprint density at radius 2 is 2.00 bits per heavy atom. The van der Waals surface area contributed by atoms with Gasteiger partial charge in [0.2, 0.25) is 5.91 Å². The van der Waals surface area contributed by atoms with Crippen LogP contribution < -0.4 is 15.4 Å². The molecule has 1 aromatic rings. The number of rotatable bonds is 7. The maximum atomic E-state index is 13.7. The highest BCUT2D eigenvalue weighted by Crippen LogP contribution is 2.17. The smallest absolute Gasteiger partial charge is 0.240 e. The molecular formula is C19H31FN4O2. The average molecular weight is 366 g/mol. The summed E-state index contributed by atoms with van der Waals surface area (Å²) in [6.07, 6.45) is -0.308. The molecule has 6 nitrogen and oxygen atoms in total. The summed E-state index contributed by atoms with van der Waals surface area (Å²) in [5, 5.41) is 6.07. The minimum absolute atomic E-state index is 0.0822. The number of ether oxygens (including phenoxy) is 1. The van der Waals surface area contributed by atoms with Crippen LogP contribution in [0.2, 0.25) is 0 Å². The molecule has 0 aliphatic carbocycles. The van der Waals surface area contributed by atoms with Gasteiger partial charge in [-0.1, -0.05) is 12.1 Å². The Bertz CT molecular complexity index is 614. The number of hydrogen-bond acceptors (Lipinski definition) is 3. The molecule has 1 aromatic carbocycles. The molecule has 0 aromatic heterocycles. The zero-order valence-electron chi connectivity index (χ0n) is 16.6. The maximum Gasteiger partial charge on any atom is 0.240 e. The van der Waals surface area contributed by atoms with Crippen LogP contribution in [0.25, 0.3) is 0 Å². The van der Waals surface area contributed by atoms with E-state index in [0.29, 0.717) is 19.0 Å². The fourth-order valence-corrected chi connectivity index (χ4v) is 2.23. The highest BCUT2D eigenvalue weighted by molar-refractivity contribution is 5.86. The first-order chi connectivity index (χ1) is 12.1. The van der Waals surface area contributed by atoms with Crippen molar-refractivity contribution < 1.29 is 13.9 Å². The molecule has 0 saturated heterocycles. The lowest BCUT2D eigenvalue weighted by Crippen LogP contribution is -2.49. The van der Waals surface area contributed by atoms with E-state index < -0.39 is 5.82 Å². The van der Waals surface area contributed by atoms with Crippen molar-refractivity contribution in [3.8, 4) is 5.75 Å². The van der Waals surface area contributed by atoms with Gasteiger partial charge in [-0.15, -0.1) is 0 Å². The SMILES string of the molecule is CCNC(=NCC(C)Oc1ccccc1F)N(C)CC(=O)NC(C)(C)C. The number of nitrogens with one attached hydrogen (secondary N) is 2. The summed E-state index contributed by atoms with van der Waals surface area (Å²) >= 11 is 0. The van der Waals surface area contributed by atoms with Gasteiger partial charge in [0, 0.05) is 19.1 Å². The van der Waals surface area contributed by atoms with E-state index in [1.54, 1.807) is 30.1 Å².